The van der Waals surface area contributed by atoms with Crippen LogP contribution in [0.1, 0.15) is 30.7 Å². The summed E-state index contributed by atoms with van der Waals surface area (Å²) in [6.45, 7) is 3.84. The number of rotatable bonds is 4. The van der Waals surface area contributed by atoms with Crippen LogP contribution in [0.3, 0.4) is 0 Å². The van der Waals surface area contributed by atoms with Gasteiger partial charge in [-0.3, -0.25) is 4.98 Å². The van der Waals surface area contributed by atoms with Crippen LogP contribution in [-0.2, 0) is 0 Å². The number of benzene rings is 1. The van der Waals surface area contributed by atoms with Gasteiger partial charge >= 0.3 is 0 Å². The normalized spacial score (nSPS) is 12.2. The average Bonchev–Trinajstić information content (AvgIpc) is 2.42. The molecular weight excluding hydrogens is 262 g/mol. The predicted octanol–water partition coefficient (Wildman–Crippen LogP) is 4.28. The van der Waals surface area contributed by atoms with E-state index in [1.165, 1.54) is 0 Å². The maximum atomic E-state index is 9.67. The summed E-state index contributed by atoms with van der Waals surface area (Å²) >= 11 is 5.90. The number of aliphatic hydroxyl groups excluding tert-OH is 1. The number of aryl methyl sites for hydroxylation is 1. The molecule has 1 atom stereocenters. The van der Waals surface area contributed by atoms with Gasteiger partial charge in [-0.15, -0.1) is 0 Å². The van der Waals surface area contributed by atoms with E-state index < -0.39 is 6.10 Å². The number of nitrogens with zero attached hydrogens (tertiary/aromatic N) is 1. The summed E-state index contributed by atoms with van der Waals surface area (Å²) in [6.07, 6.45) is 1.73. The van der Waals surface area contributed by atoms with E-state index in [4.69, 9.17) is 16.3 Å². The van der Waals surface area contributed by atoms with Crippen LogP contribution in [0.25, 0.3) is 0 Å². The Balaban J connectivity index is 2.15. The first kappa shape index (κ1) is 13.8. The van der Waals surface area contributed by atoms with Crippen LogP contribution in [0.15, 0.2) is 36.5 Å². The van der Waals surface area contributed by atoms with Gasteiger partial charge in [-0.05, 0) is 49.2 Å². The van der Waals surface area contributed by atoms with Gasteiger partial charge in [0.2, 0.25) is 0 Å². The zero-order valence-corrected chi connectivity index (χ0v) is 11.7. The van der Waals surface area contributed by atoms with Crippen molar-refractivity contribution in [1.82, 2.24) is 4.98 Å². The molecule has 100 valence electrons. The van der Waals surface area contributed by atoms with E-state index in [-0.39, 0.29) is 0 Å². The number of halogens is 1. The molecule has 1 aromatic carbocycles. The van der Waals surface area contributed by atoms with Crippen LogP contribution >= 0.6 is 11.6 Å². The Hall–Kier alpha value is -1.58. The van der Waals surface area contributed by atoms with Crippen LogP contribution in [0, 0.1) is 6.92 Å². The number of hydrogen-bond acceptors (Lipinski definition) is 3. The number of hydrogen-bond donors (Lipinski definition) is 1. The molecule has 3 nitrogen and oxygen atoms in total. The van der Waals surface area contributed by atoms with Gasteiger partial charge in [0.15, 0.2) is 0 Å². The molecule has 2 rings (SSSR count). The van der Waals surface area contributed by atoms with Gasteiger partial charge in [-0.2, -0.15) is 0 Å². The van der Waals surface area contributed by atoms with Gasteiger partial charge in [0.05, 0.1) is 18.0 Å². The van der Waals surface area contributed by atoms with Crippen LogP contribution in [-0.4, -0.2) is 10.1 Å². The highest BCUT2D eigenvalue weighted by Gasteiger charge is 2.07. The average molecular weight is 278 g/mol. The van der Waals surface area contributed by atoms with Crippen LogP contribution in [0.5, 0.6) is 11.5 Å². The second-order valence-corrected chi connectivity index (χ2v) is 4.79. The fourth-order valence-corrected chi connectivity index (χ4v) is 1.94. The SMILES string of the molecule is CC[C@H](O)c1ccc(Oc2ccc(Cl)cc2C)cn1. The maximum absolute atomic E-state index is 9.67. The third-order valence-electron chi connectivity index (χ3n) is 2.85. The molecule has 1 heterocycles. The van der Waals surface area contributed by atoms with Crippen molar-refractivity contribution >= 4 is 11.6 Å². The number of aliphatic hydroxyl groups is 1. The quantitative estimate of drug-likeness (QED) is 0.907. The lowest BCUT2D eigenvalue weighted by Gasteiger charge is -2.10. The van der Waals surface area contributed by atoms with Crippen LogP contribution < -0.4 is 4.74 Å². The monoisotopic (exact) mass is 277 g/mol. The molecule has 0 amide bonds. The van der Waals surface area contributed by atoms with Gasteiger partial charge in [0.25, 0.3) is 0 Å². The highest BCUT2D eigenvalue weighted by Crippen LogP contribution is 2.27. The summed E-state index contributed by atoms with van der Waals surface area (Å²) < 4.78 is 5.73. The fraction of sp³-hybridized carbons (Fsp3) is 0.267. The van der Waals surface area contributed by atoms with E-state index in [1.54, 1.807) is 24.4 Å². The van der Waals surface area contributed by atoms with Crippen molar-refractivity contribution in [1.29, 1.82) is 0 Å². The first-order valence-electron chi connectivity index (χ1n) is 6.18. The Morgan fingerprint density at radius 2 is 2.11 bits per heavy atom. The maximum Gasteiger partial charge on any atom is 0.145 e. The molecule has 0 saturated carbocycles. The molecule has 0 saturated heterocycles. The summed E-state index contributed by atoms with van der Waals surface area (Å²) in [4.78, 5) is 4.19. The molecule has 2 aromatic rings. The van der Waals surface area contributed by atoms with Crippen LogP contribution in [0.2, 0.25) is 5.02 Å². The van der Waals surface area contributed by atoms with Crippen molar-refractivity contribution in [3.05, 3.63) is 52.8 Å². The summed E-state index contributed by atoms with van der Waals surface area (Å²) in [5.41, 5.74) is 1.62. The smallest absolute Gasteiger partial charge is 0.145 e. The standard InChI is InChI=1S/C15H16ClNO2/c1-3-14(18)13-6-5-12(9-17-13)19-15-7-4-11(16)8-10(15)2/h4-9,14,18H,3H2,1-2H3/t14-/m0/s1. The third kappa shape index (κ3) is 3.46. The topological polar surface area (TPSA) is 42.4 Å². The van der Waals surface area contributed by atoms with Crippen molar-refractivity contribution < 1.29 is 9.84 Å². The Morgan fingerprint density at radius 1 is 1.32 bits per heavy atom. The second kappa shape index (κ2) is 6.04. The van der Waals surface area contributed by atoms with Crippen molar-refractivity contribution in [2.24, 2.45) is 0 Å². The molecule has 0 spiro atoms. The summed E-state index contributed by atoms with van der Waals surface area (Å²) in [7, 11) is 0. The third-order valence-corrected chi connectivity index (χ3v) is 3.09. The molecule has 0 aliphatic carbocycles. The van der Waals surface area contributed by atoms with E-state index in [2.05, 4.69) is 4.98 Å². The molecule has 1 N–H and O–H groups in total. The molecule has 1 aromatic heterocycles. The minimum atomic E-state index is -0.522. The fourth-order valence-electron chi connectivity index (χ4n) is 1.71. The zero-order chi connectivity index (χ0) is 13.8. The molecule has 0 radical (unpaired) electrons. The van der Waals surface area contributed by atoms with Gasteiger partial charge in [-0.1, -0.05) is 18.5 Å². The lowest BCUT2D eigenvalue weighted by atomic mass is 10.2. The van der Waals surface area contributed by atoms with Gasteiger partial charge in [0.1, 0.15) is 11.5 Å². The van der Waals surface area contributed by atoms with Gasteiger partial charge < -0.3 is 9.84 Å². The molecule has 4 heteroatoms. The lowest BCUT2D eigenvalue weighted by Crippen LogP contribution is -1.98. The Bertz CT molecular complexity index is 555. The highest BCUT2D eigenvalue weighted by molar-refractivity contribution is 6.30. The lowest BCUT2D eigenvalue weighted by molar-refractivity contribution is 0.169. The van der Waals surface area contributed by atoms with E-state index in [0.29, 0.717) is 22.9 Å². The number of pyridine rings is 1. The van der Waals surface area contributed by atoms with Gasteiger partial charge in [-0.25, -0.2) is 0 Å². The Morgan fingerprint density at radius 3 is 2.68 bits per heavy atom. The minimum Gasteiger partial charge on any atom is -0.455 e. The molecular formula is C15H16ClNO2. The Kier molecular flexibility index (Phi) is 4.40. The molecule has 19 heavy (non-hydrogen) atoms. The van der Waals surface area contributed by atoms with Crippen molar-refractivity contribution in [2.75, 3.05) is 0 Å². The van der Waals surface area contributed by atoms with Crippen LogP contribution in [0.4, 0.5) is 0 Å². The van der Waals surface area contributed by atoms with Crippen molar-refractivity contribution in [3.8, 4) is 11.5 Å². The highest BCUT2D eigenvalue weighted by atomic mass is 35.5. The molecule has 0 fully saturated rings. The van der Waals surface area contributed by atoms with E-state index in [1.807, 2.05) is 26.0 Å². The molecule has 0 bridgehead atoms. The second-order valence-electron chi connectivity index (χ2n) is 4.35. The van der Waals surface area contributed by atoms with E-state index >= 15 is 0 Å². The van der Waals surface area contributed by atoms with Crippen molar-refractivity contribution in [2.45, 2.75) is 26.4 Å². The predicted molar refractivity (Wildman–Crippen MR) is 75.8 cm³/mol. The first-order valence-corrected chi connectivity index (χ1v) is 6.56. The summed E-state index contributed by atoms with van der Waals surface area (Å²) in [6, 6.07) is 9.03. The molecule has 0 unspecified atom stereocenters. The molecule has 0 aliphatic heterocycles. The summed E-state index contributed by atoms with van der Waals surface area (Å²) in [5, 5.41) is 10.4. The molecule has 0 aliphatic rings. The van der Waals surface area contributed by atoms with E-state index in [9.17, 15) is 5.11 Å². The zero-order valence-electron chi connectivity index (χ0n) is 10.9. The Labute approximate surface area is 117 Å². The number of aromatic nitrogens is 1. The largest absolute Gasteiger partial charge is 0.455 e. The first-order chi connectivity index (χ1) is 9.10. The van der Waals surface area contributed by atoms with Gasteiger partial charge in [0, 0.05) is 5.02 Å². The minimum absolute atomic E-state index is 0.522. The van der Waals surface area contributed by atoms with E-state index in [0.717, 1.165) is 11.3 Å². The summed E-state index contributed by atoms with van der Waals surface area (Å²) in [5.74, 6) is 1.38. The van der Waals surface area contributed by atoms with Crippen molar-refractivity contribution in [3.63, 3.8) is 0 Å². The number of ether oxygens (including phenoxy) is 1.